The molecule has 0 aliphatic carbocycles. The molecule has 0 unspecified atom stereocenters. The molecule has 3 rings (SSSR count). The van der Waals surface area contributed by atoms with E-state index in [-0.39, 0.29) is 0 Å². The molecule has 2 fully saturated rings. The van der Waals surface area contributed by atoms with Crippen LogP contribution in [0.25, 0.3) is 0 Å². The largest absolute Gasteiger partial charge is 0.456 e. The maximum atomic E-state index is 12.2. The summed E-state index contributed by atoms with van der Waals surface area (Å²) in [6, 6.07) is 2.51. The summed E-state index contributed by atoms with van der Waals surface area (Å²) in [7, 11) is 0. The summed E-state index contributed by atoms with van der Waals surface area (Å²) in [6.07, 6.45) is -12.0. The quantitative estimate of drug-likeness (QED) is 0.137. The molecule has 20 nitrogen and oxygen atoms in total. The maximum absolute atomic E-state index is 12.2. The smallest absolute Gasteiger partial charge is 0.317 e. The lowest BCUT2D eigenvalue weighted by Crippen LogP contribution is -2.63. The summed E-state index contributed by atoms with van der Waals surface area (Å²) < 4.78 is 49.4. The van der Waals surface area contributed by atoms with Crippen molar-refractivity contribution in [2.45, 2.75) is 83.8 Å². The van der Waals surface area contributed by atoms with Crippen LogP contribution in [-0.4, -0.2) is 102 Å². The van der Waals surface area contributed by atoms with Gasteiger partial charge in [0.2, 0.25) is 18.1 Å². The molecule has 2 heterocycles. The Hall–Kier alpha value is -4.95. The predicted molar refractivity (Wildman–Crippen MR) is 143 cm³/mol. The molecule has 252 valence electrons. The number of rotatable bonds is 11. The van der Waals surface area contributed by atoms with Crippen LogP contribution < -0.4 is 4.74 Å². The van der Waals surface area contributed by atoms with Crippen LogP contribution in [0.4, 0.5) is 11.4 Å². The van der Waals surface area contributed by atoms with Crippen molar-refractivity contribution >= 4 is 41.2 Å². The molecule has 0 N–H and O–H groups in total. The Labute approximate surface area is 259 Å². The Morgan fingerprint density at radius 2 is 1.11 bits per heavy atom. The second kappa shape index (κ2) is 15.4. The fourth-order valence-corrected chi connectivity index (χ4v) is 4.60. The minimum absolute atomic E-state index is 0.408. The van der Waals surface area contributed by atoms with Gasteiger partial charge < -0.3 is 42.6 Å². The number of carbonyl (C=O) groups is 5. The van der Waals surface area contributed by atoms with E-state index in [9.17, 15) is 44.2 Å². The number of carbonyl (C=O) groups excluding carboxylic acids is 5. The lowest BCUT2D eigenvalue weighted by atomic mass is 10.0. The minimum Gasteiger partial charge on any atom is -0.456 e. The highest BCUT2D eigenvalue weighted by molar-refractivity contribution is 5.69. The molecule has 0 aromatic heterocycles. The van der Waals surface area contributed by atoms with Crippen LogP contribution in [0.3, 0.4) is 0 Å². The molecule has 0 saturated carbocycles. The third kappa shape index (κ3) is 9.28. The molecule has 20 heteroatoms. The van der Waals surface area contributed by atoms with Crippen LogP contribution in [-0.2, 0) is 61.9 Å². The van der Waals surface area contributed by atoms with Gasteiger partial charge in [-0.2, -0.15) is 0 Å². The molecule has 2 aliphatic heterocycles. The van der Waals surface area contributed by atoms with Gasteiger partial charge in [0.15, 0.2) is 30.7 Å². The van der Waals surface area contributed by atoms with Gasteiger partial charge in [0.1, 0.15) is 6.10 Å². The standard InChI is InChI=1S/C26H30N2O18/c1-11(29)40-19-9-38-26(23(43-14(4)32)21(19)41-12(2)30)46-20-10-39-25(24(44-15(5)33)22(20)42-13(3)31)45-18-7-6-16(27(34)35)8-17(18)28(36)37/h6-8,19-26H,9-10H2,1-5H3/t19-,20-,21+,22+,23-,24-,25+,26+/m1/s1. The van der Waals surface area contributed by atoms with E-state index in [1.165, 1.54) is 0 Å². The Morgan fingerprint density at radius 1 is 0.652 bits per heavy atom. The van der Waals surface area contributed by atoms with Gasteiger partial charge in [-0.3, -0.25) is 44.2 Å². The van der Waals surface area contributed by atoms with E-state index in [1.54, 1.807) is 0 Å². The second-order valence-electron chi connectivity index (χ2n) is 9.81. The van der Waals surface area contributed by atoms with Crippen molar-refractivity contribution in [2.75, 3.05) is 13.2 Å². The lowest BCUT2D eigenvalue weighted by molar-refractivity contribution is -0.395. The van der Waals surface area contributed by atoms with E-state index in [4.69, 9.17) is 42.6 Å². The molecular formula is C26H30N2O18. The Balaban J connectivity index is 1.96. The molecule has 0 radical (unpaired) electrons. The number of hydrogen-bond donors (Lipinski definition) is 0. The number of nitro benzene ring substituents is 2. The van der Waals surface area contributed by atoms with Crippen LogP contribution in [0.5, 0.6) is 5.75 Å². The van der Waals surface area contributed by atoms with E-state index < -0.39 is 119 Å². The maximum Gasteiger partial charge on any atom is 0.317 e. The Bertz CT molecular complexity index is 1370. The Kier molecular flexibility index (Phi) is 11.9. The topological polar surface area (TPSA) is 255 Å². The third-order valence-corrected chi connectivity index (χ3v) is 6.19. The molecule has 2 saturated heterocycles. The van der Waals surface area contributed by atoms with Gasteiger partial charge in [0.05, 0.1) is 29.1 Å². The van der Waals surface area contributed by atoms with Crippen molar-refractivity contribution in [1.82, 2.24) is 0 Å². The van der Waals surface area contributed by atoms with Crippen LogP contribution in [0.1, 0.15) is 34.6 Å². The fourth-order valence-electron chi connectivity index (χ4n) is 4.60. The van der Waals surface area contributed by atoms with Crippen LogP contribution in [0, 0.1) is 20.2 Å². The molecule has 2 aliphatic rings. The van der Waals surface area contributed by atoms with Crippen molar-refractivity contribution in [1.29, 1.82) is 0 Å². The monoisotopic (exact) mass is 658 g/mol. The summed E-state index contributed by atoms with van der Waals surface area (Å²) >= 11 is 0. The number of non-ortho nitro benzene ring substituents is 1. The number of benzene rings is 1. The number of nitrogens with zero attached hydrogens (tertiary/aromatic N) is 2. The number of hydrogen-bond acceptors (Lipinski definition) is 18. The van der Waals surface area contributed by atoms with Crippen LogP contribution in [0.2, 0.25) is 0 Å². The average molecular weight is 659 g/mol. The summed E-state index contributed by atoms with van der Waals surface area (Å²) in [5.74, 6) is -4.78. The molecule has 0 spiro atoms. The predicted octanol–water partition coefficient (Wildman–Crippen LogP) is 0.638. The first-order chi connectivity index (χ1) is 21.6. The third-order valence-electron chi connectivity index (χ3n) is 6.19. The average Bonchev–Trinajstić information content (AvgIpc) is 2.93. The first-order valence-corrected chi connectivity index (χ1v) is 13.4. The zero-order valence-electron chi connectivity index (χ0n) is 25.0. The van der Waals surface area contributed by atoms with E-state index in [1.807, 2.05) is 0 Å². The van der Waals surface area contributed by atoms with Crippen molar-refractivity contribution in [3.8, 4) is 5.75 Å². The van der Waals surface area contributed by atoms with Crippen LogP contribution in [0.15, 0.2) is 18.2 Å². The normalized spacial score (nSPS) is 27.3. The molecule has 46 heavy (non-hydrogen) atoms. The summed E-state index contributed by atoms with van der Waals surface area (Å²) in [6.45, 7) is 4.28. The highest BCUT2D eigenvalue weighted by Gasteiger charge is 2.53. The zero-order valence-corrected chi connectivity index (χ0v) is 25.0. The van der Waals surface area contributed by atoms with E-state index in [2.05, 4.69) is 0 Å². The fraction of sp³-hybridized carbons (Fsp3) is 0.577. The highest BCUT2D eigenvalue weighted by atomic mass is 16.8. The van der Waals surface area contributed by atoms with E-state index in [0.29, 0.717) is 6.07 Å². The highest BCUT2D eigenvalue weighted by Crippen LogP contribution is 2.35. The SMILES string of the molecule is CC(=O)O[C@@H]1[C@@H](OC(C)=O)[C@H](O[C@@H]2CO[C@@H](Oc3ccc([N+](=O)[O-])cc3[N+](=O)[O-])[C@H](OC(C)=O)[C@H]2OC(C)=O)OC[C@H]1OC(C)=O. The second-order valence-corrected chi connectivity index (χ2v) is 9.81. The minimum atomic E-state index is -1.69. The van der Waals surface area contributed by atoms with Gasteiger partial charge in [-0.15, -0.1) is 0 Å². The van der Waals surface area contributed by atoms with Crippen molar-refractivity contribution in [3.63, 3.8) is 0 Å². The molecule has 0 amide bonds. The lowest BCUT2D eigenvalue weighted by Gasteiger charge is -2.44. The van der Waals surface area contributed by atoms with Gasteiger partial charge in [0, 0.05) is 40.7 Å². The number of nitro groups is 2. The van der Waals surface area contributed by atoms with Crippen molar-refractivity contribution < 1.29 is 76.5 Å². The number of ether oxygens (including phenoxy) is 9. The molecule has 1 aromatic rings. The Morgan fingerprint density at radius 3 is 1.61 bits per heavy atom. The summed E-state index contributed by atoms with van der Waals surface area (Å²) in [5.41, 5.74) is -1.43. The molecule has 0 bridgehead atoms. The molecule has 1 aromatic carbocycles. The molecule has 8 atom stereocenters. The first-order valence-electron chi connectivity index (χ1n) is 13.4. The molecular weight excluding hydrogens is 628 g/mol. The summed E-state index contributed by atoms with van der Waals surface area (Å²) in [4.78, 5) is 80.8. The van der Waals surface area contributed by atoms with Gasteiger partial charge in [0.25, 0.3) is 5.69 Å². The number of esters is 5. The zero-order chi connectivity index (χ0) is 34.3. The van der Waals surface area contributed by atoms with E-state index in [0.717, 1.165) is 46.8 Å². The van der Waals surface area contributed by atoms with Gasteiger partial charge >= 0.3 is 35.5 Å². The summed E-state index contributed by atoms with van der Waals surface area (Å²) in [5, 5.41) is 22.8. The van der Waals surface area contributed by atoms with Crippen LogP contribution >= 0.6 is 0 Å². The van der Waals surface area contributed by atoms with Crippen molar-refractivity contribution in [3.05, 3.63) is 38.4 Å². The van der Waals surface area contributed by atoms with Gasteiger partial charge in [-0.25, -0.2) is 0 Å². The first kappa shape index (κ1) is 35.5. The van der Waals surface area contributed by atoms with E-state index >= 15 is 0 Å². The van der Waals surface area contributed by atoms with Crippen molar-refractivity contribution in [2.24, 2.45) is 0 Å². The van der Waals surface area contributed by atoms with Gasteiger partial charge in [-0.1, -0.05) is 0 Å². The van der Waals surface area contributed by atoms with Gasteiger partial charge in [-0.05, 0) is 6.07 Å².